The summed E-state index contributed by atoms with van der Waals surface area (Å²) in [5.74, 6) is 0.883. The zero-order chi connectivity index (χ0) is 21.4. The summed E-state index contributed by atoms with van der Waals surface area (Å²) in [4.78, 5) is 16.3. The van der Waals surface area contributed by atoms with Gasteiger partial charge in [0, 0.05) is 10.8 Å². The number of benzene rings is 2. The lowest BCUT2D eigenvalue weighted by molar-refractivity contribution is 0.0697. The van der Waals surface area contributed by atoms with Gasteiger partial charge < -0.3 is 5.11 Å². The van der Waals surface area contributed by atoms with Crippen LogP contribution in [0.3, 0.4) is 0 Å². The second-order valence-electron chi connectivity index (χ2n) is 9.46. The summed E-state index contributed by atoms with van der Waals surface area (Å²) < 4.78 is 1.99. The van der Waals surface area contributed by atoms with Crippen molar-refractivity contribution in [3.63, 3.8) is 0 Å². The first-order valence-electron chi connectivity index (χ1n) is 9.84. The van der Waals surface area contributed by atoms with Crippen LogP contribution in [0, 0.1) is 0 Å². The number of aromatic nitrogens is 3. The predicted molar refractivity (Wildman–Crippen MR) is 115 cm³/mol. The van der Waals surface area contributed by atoms with Gasteiger partial charge in [-0.15, -0.1) is 0 Å². The lowest BCUT2D eigenvalue weighted by atomic mass is 9.94. The molecule has 0 bridgehead atoms. The van der Waals surface area contributed by atoms with Gasteiger partial charge in [-0.2, -0.15) is 5.10 Å². The predicted octanol–water partition coefficient (Wildman–Crippen LogP) is 5.29. The molecule has 0 aliphatic heterocycles. The van der Waals surface area contributed by atoms with Gasteiger partial charge in [-0.25, -0.2) is 14.5 Å². The summed E-state index contributed by atoms with van der Waals surface area (Å²) in [6, 6.07) is 15.1. The lowest BCUT2D eigenvalue weighted by Crippen LogP contribution is -2.20. The molecule has 152 valence electrons. The Morgan fingerprint density at radius 3 is 2.10 bits per heavy atom. The number of aromatic carboxylic acids is 1. The molecule has 1 N–H and O–H groups in total. The first kappa shape index (κ1) is 20.8. The highest BCUT2D eigenvalue weighted by Crippen LogP contribution is 2.27. The van der Waals surface area contributed by atoms with E-state index in [1.54, 1.807) is 12.1 Å². The molecule has 0 spiro atoms. The molecule has 3 rings (SSSR count). The van der Waals surface area contributed by atoms with Gasteiger partial charge in [-0.3, -0.25) is 0 Å². The van der Waals surface area contributed by atoms with Crippen LogP contribution in [0.2, 0.25) is 0 Å². The first-order valence-corrected chi connectivity index (χ1v) is 9.84. The largest absolute Gasteiger partial charge is 0.478 e. The highest BCUT2D eigenvalue weighted by molar-refractivity contribution is 5.95. The molecule has 5 heteroatoms. The van der Waals surface area contributed by atoms with E-state index < -0.39 is 5.97 Å². The standard InChI is InChI=1S/C24H29N3O2/c1-23(2,3)21-25-22(24(4,5)6)27(26-21)15-16-11-13-17(14-12-16)18-9-7-8-10-19(18)20(28)29/h7-14H,15H2,1-6H3,(H,28,29). The molecular weight excluding hydrogens is 362 g/mol. The third-order valence-electron chi connectivity index (χ3n) is 4.77. The molecule has 29 heavy (non-hydrogen) atoms. The van der Waals surface area contributed by atoms with Crippen molar-refractivity contribution >= 4 is 5.97 Å². The molecule has 0 atom stereocenters. The Morgan fingerprint density at radius 1 is 0.931 bits per heavy atom. The van der Waals surface area contributed by atoms with E-state index in [4.69, 9.17) is 10.1 Å². The van der Waals surface area contributed by atoms with Crippen LogP contribution in [0.5, 0.6) is 0 Å². The number of rotatable bonds is 4. The Bertz CT molecular complexity index is 1020. The zero-order valence-electron chi connectivity index (χ0n) is 18.0. The van der Waals surface area contributed by atoms with Crippen molar-refractivity contribution in [2.24, 2.45) is 0 Å². The molecule has 5 nitrogen and oxygen atoms in total. The van der Waals surface area contributed by atoms with Crippen LogP contribution in [-0.2, 0) is 17.4 Å². The molecule has 1 heterocycles. The molecule has 0 saturated heterocycles. The molecule has 0 fully saturated rings. The molecule has 3 aromatic rings. The van der Waals surface area contributed by atoms with Crippen molar-refractivity contribution in [1.82, 2.24) is 14.8 Å². The van der Waals surface area contributed by atoms with Crippen molar-refractivity contribution in [3.8, 4) is 11.1 Å². The van der Waals surface area contributed by atoms with Crippen LogP contribution in [0.1, 0.15) is 69.1 Å². The van der Waals surface area contributed by atoms with Crippen LogP contribution in [-0.4, -0.2) is 25.8 Å². The monoisotopic (exact) mass is 391 g/mol. The van der Waals surface area contributed by atoms with Crippen LogP contribution >= 0.6 is 0 Å². The molecule has 0 radical (unpaired) electrons. The van der Waals surface area contributed by atoms with Gasteiger partial charge in [0.05, 0.1) is 12.1 Å². The number of carbonyl (C=O) groups is 1. The van der Waals surface area contributed by atoms with E-state index in [0.717, 1.165) is 28.3 Å². The van der Waals surface area contributed by atoms with Gasteiger partial charge in [0.15, 0.2) is 5.82 Å². The Labute approximate surface area is 172 Å². The first-order chi connectivity index (χ1) is 13.5. The number of carboxylic acid groups (broad SMARTS) is 1. The molecular formula is C24H29N3O2. The smallest absolute Gasteiger partial charge is 0.336 e. The quantitative estimate of drug-likeness (QED) is 0.656. The average molecular weight is 392 g/mol. The SMILES string of the molecule is CC(C)(C)c1nc(C(C)(C)C)n(Cc2ccc(-c3ccccc3C(=O)O)cc2)n1. The molecule has 0 aliphatic rings. The fourth-order valence-electron chi connectivity index (χ4n) is 3.21. The van der Waals surface area contributed by atoms with E-state index in [1.807, 2.05) is 41.1 Å². The fraction of sp³-hybridized carbons (Fsp3) is 0.375. The minimum Gasteiger partial charge on any atom is -0.478 e. The third-order valence-corrected chi connectivity index (χ3v) is 4.77. The maximum atomic E-state index is 11.5. The summed E-state index contributed by atoms with van der Waals surface area (Å²) in [7, 11) is 0. The molecule has 1 aromatic heterocycles. The van der Waals surface area contributed by atoms with Gasteiger partial charge >= 0.3 is 5.97 Å². The number of hydrogen-bond donors (Lipinski definition) is 1. The maximum Gasteiger partial charge on any atom is 0.336 e. The Hall–Kier alpha value is -2.95. The highest BCUT2D eigenvalue weighted by atomic mass is 16.4. The molecule has 0 amide bonds. The minimum absolute atomic E-state index is 0.114. The van der Waals surface area contributed by atoms with Gasteiger partial charge in [0.2, 0.25) is 0 Å². The molecule has 0 aliphatic carbocycles. The summed E-state index contributed by atoms with van der Waals surface area (Å²) >= 11 is 0. The van der Waals surface area contributed by atoms with Crippen molar-refractivity contribution in [2.45, 2.75) is 58.9 Å². The van der Waals surface area contributed by atoms with Crippen LogP contribution in [0.25, 0.3) is 11.1 Å². The fourth-order valence-corrected chi connectivity index (χ4v) is 3.21. The zero-order valence-corrected chi connectivity index (χ0v) is 18.0. The van der Waals surface area contributed by atoms with E-state index in [0.29, 0.717) is 12.1 Å². The minimum atomic E-state index is -0.920. The summed E-state index contributed by atoms with van der Waals surface area (Å²) in [5, 5.41) is 14.2. The Balaban J connectivity index is 1.93. The Morgan fingerprint density at radius 2 is 1.55 bits per heavy atom. The summed E-state index contributed by atoms with van der Waals surface area (Å²) in [5.41, 5.74) is 2.78. The van der Waals surface area contributed by atoms with Gasteiger partial charge in [-0.1, -0.05) is 84.0 Å². The molecule has 2 aromatic carbocycles. The second-order valence-corrected chi connectivity index (χ2v) is 9.46. The lowest BCUT2D eigenvalue weighted by Gasteiger charge is -2.18. The van der Waals surface area contributed by atoms with E-state index in [9.17, 15) is 9.90 Å². The third kappa shape index (κ3) is 4.56. The number of carboxylic acids is 1. The second kappa shape index (κ2) is 7.47. The summed E-state index contributed by atoms with van der Waals surface area (Å²) in [6.45, 7) is 13.4. The van der Waals surface area contributed by atoms with E-state index >= 15 is 0 Å². The van der Waals surface area contributed by atoms with Gasteiger partial charge in [0.25, 0.3) is 0 Å². The van der Waals surface area contributed by atoms with Gasteiger partial charge in [-0.05, 0) is 22.8 Å². The van der Waals surface area contributed by atoms with Crippen LogP contribution < -0.4 is 0 Å². The van der Waals surface area contributed by atoms with Gasteiger partial charge in [0.1, 0.15) is 5.82 Å². The van der Waals surface area contributed by atoms with Crippen molar-refractivity contribution in [3.05, 3.63) is 71.3 Å². The molecule has 0 unspecified atom stereocenters. The van der Waals surface area contributed by atoms with Crippen molar-refractivity contribution < 1.29 is 9.90 Å². The number of nitrogens with zero attached hydrogens (tertiary/aromatic N) is 3. The van der Waals surface area contributed by atoms with Crippen LogP contribution in [0.15, 0.2) is 48.5 Å². The van der Waals surface area contributed by atoms with E-state index in [1.165, 1.54) is 0 Å². The molecule has 0 saturated carbocycles. The number of hydrogen-bond acceptors (Lipinski definition) is 3. The van der Waals surface area contributed by atoms with E-state index in [-0.39, 0.29) is 10.8 Å². The van der Waals surface area contributed by atoms with Crippen molar-refractivity contribution in [2.75, 3.05) is 0 Å². The van der Waals surface area contributed by atoms with Crippen molar-refractivity contribution in [1.29, 1.82) is 0 Å². The Kier molecular flexibility index (Phi) is 5.35. The normalized spacial score (nSPS) is 12.2. The summed E-state index contributed by atoms with van der Waals surface area (Å²) in [6.07, 6.45) is 0. The average Bonchev–Trinajstić information content (AvgIpc) is 3.07. The highest BCUT2D eigenvalue weighted by Gasteiger charge is 2.27. The van der Waals surface area contributed by atoms with Crippen LogP contribution in [0.4, 0.5) is 0 Å². The topological polar surface area (TPSA) is 68.0 Å². The maximum absolute atomic E-state index is 11.5. The van der Waals surface area contributed by atoms with E-state index in [2.05, 4.69) is 41.5 Å².